The minimum Gasteiger partial charge on any atom is -0.393 e. The molecule has 4 N–H and O–H groups in total. The fourth-order valence-corrected chi connectivity index (χ4v) is 7.51. The van der Waals surface area contributed by atoms with Crippen LogP contribution in [0.25, 0.3) is 0 Å². The van der Waals surface area contributed by atoms with E-state index in [1.165, 1.54) is 33.4 Å². The molecule has 6 nitrogen and oxygen atoms in total. The summed E-state index contributed by atoms with van der Waals surface area (Å²) in [6.07, 6.45) is 26.9. The van der Waals surface area contributed by atoms with Gasteiger partial charge < -0.3 is 29.9 Å². The Bertz CT molecular complexity index is 1580. The first-order chi connectivity index (χ1) is 24.3. The number of aliphatic hydroxyl groups is 4. The van der Waals surface area contributed by atoms with Crippen LogP contribution in [0.2, 0.25) is 0 Å². The van der Waals surface area contributed by atoms with Crippen molar-refractivity contribution < 1.29 is 29.9 Å². The summed E-state index contributed by atoms with van der Waals surface area (Å²) in [5.41, 5.74) is 9.59. The molecule has 0 amide bonds. The highest BCUT2D eigenvalue weighted by Crippen LogP contribution is 2.43. The number of ether oxygens (including phenoxy) is 2. The Morgan fingerprint density at radius 1 is 0.615 bits per heavy atom. The molecule has 1 heterocycles. The van der Waals surface area contributed by atoms with Crippen molar-refractivity contribution in [2.24, 2.45) is 10.8 Å². The van der Waals surface area contributed by atoms with Gasteiger partial charge in [-0.15, -0.1) is 0 Å². The first-order valence-corrected chi connectivity index (χ1v) is 18.8. The van der Waals surface area contributed by atoms with E-state index in [1.807, 2.05) is 0 Å². The Balaban J connectivity index is 1.51. The molecule has 3 rings (SSSR count). The summed E-state index contributed by atoms with van der Waals surface area (Å²) in [6.45, 7) is 23.1. The van der Waals surface area contributed by atoms with Gasteiger partial charge in [-0.05, 0) is 96.1 Å². The van der Waals surface area contributed by atoms with Crippen LogP contribution in [0.5, 0.6) is 0 Å². The minimum absolute atomic E-state index is 0.0120. The Kier molecular flexibility index (Phi) is 16.1. The monoisotopic (exact) mass is 714 g/mol. The van der Waals surface area contributed by atoms with Gasteiger partial charge in [0.2, 0.25) is 0 Å². The molecule has 0 aromatic heterocycles. The van der Waals surface area contributed by atoms with Crippen LogP contribution in [-0.4, -0.2) is 63.3 Å². The second-order valence-corrected chi connectivity index (χ2v) is 16.5. The van der Waals surface area contributed by atoms with Gasteiger partial charge in [0.05, 0.1) is 18.3 Å². The van der Waals surface area contributed by atoms with E-state index in [0.29, 0.717) is 6.42 Å². The number of aliphatic hydroxyl groups excluding tert-OH is 4. The topological polar surface area (TPSA) is 99.4 Å². The number of rotatable bonds is 12. The van der Waals surface area contributed by atoms with Crippen molar-refractivity contribution in [2.45, 2.75) is 145 Å². The predicted molar refractivity (Wildman–Crippen MR) is 215 cm³/mol. The van der Waals surface area contributed by atoms with Gasteiger partial charge in [-0.25, -0.2) is 0 Å². The fraction of sp³-hybridized carbons (Fsp3) is 0.522. The molecule has 52 heavy (non-hydrogen) atoms. The van der Waals surface area contributed by atoms with Crippen molar-refractivity contribution >= 4 is 0 Å². The smallest absolute Gasteiger partial charge is 0.186 e. The Hall–Kier alpha value is -3.10. The Labute approximate surface area is 314 Å². The lowest BCUT2D eigenvalue weighted by Gasteiger charge is -2.43. The average molecular weight is 715 g/mol. The molecule has 3 aliphatic rings. The molecule has 0 aromatic rings. The van der Waals surface area contributed by atoms with Crippen LogP contribution in [0.3, 0.4) is 0 Å². The molecule has 0 bridgehead atoms. The first kappa shape index (κ1) is 43.3. The predicted octanol–water partition coefficient (Wildman–Crippen LogP) is 9.40. The SMILES string of the molecule is CC1=C(/C=C/C(C)=C/C=C/C(C)=C/C=C/C=C(C)/C=C/C=C(C)\C=C\C2=C(C)C[C@@H](O[C@H]3O[C@@H](C)[C@H](O)[C@@H](O)[C@H]3O)CC2(C)C)C(C)(C)C[C@H](O)C1. The minimum atomic E-state index is -1.30. The molecule has 1 fully saturated rings. The molecular weight excluding hydrogens is 649 g/mol. The molecule has 6 heteroatoms. The van der Waals surface area contributed by atoms with Gasteiger partial charge in [0, 0.05) is 0 Å². The number of hydrogen-bond donors (Lipinski definition) is 4. The van der Waals surface area contributed by atoms with Gasteiger partial charge in [-0.2, -0.15) is 0 Å². The molecular formula is C46H66O6. The van der Waals surface area contributed by atoms with Crippen LogP contribution in [0.1, 0.15) is 102 Å². The van der Waals surface area contributed by atoms with Crippen molar-refractivity contribution in [1.82, 2.24) is 0 Å². The van der Waals surface area contributed by atoms with Gasteiger partial charge in [0.1, 0.15) is 18.3 Å². The van der Waals surface area contributed by atoms with Crippen LogP contribution < -0.4 is 0 Å². The third-order valence-corrected chi connectivity index (χ3v) is 10.4. The largest absolute Gasteiger partial charge is 0.393 e. The highest BCUT2D eigenvalue weighted by atomic mass is 16.7. The van der Waals surface area contributed by atoms with Crippen LogP contribution >= 0.6 is 0 Å². The summed E-state index contributed by atoms with van der Waals surface area (Å²) in [6, 6.07) is 0. The molecule has 0 spiro atoms. The molecule has 7 atom stereocenters. The lowest BCUT2D eigenvalue weighted by Crippen LogP contribution is -2.58. The van der Waals surface area contributed by atoms with Crippen molar-refractivity contribution in [3.8, 4) is 0 Å². The van der Waals surface area contributed by atoms with Gasteiger partial charge >= 0.3 is 0 Å². The van der Waals surface area contributed by atoms with E-state index in [-0.39, 0.29) is 23.0 Å². The summed E-state index contributed by atoms with van der Waals surface area (Å²) in [5, 5.41) is 40.7. The fourth-order valence-electron chi connectivity index (χ4n) is 7.51. The molecule has 286 valence electrons. The summed E-state index contributed by atoms with van der Waals surface area (Å²) >= 11 is 0. The third kappa shape index (κ3) is 12.8. The van der Waals surface area contributed by atoms with E-state index in [1.54, 1.807) is 6.92 Å². The molecule has 1 aliphatic heterocycles. The van der Waals surface area contributed by atoms with E-state index >= 15 is 0 Å². The Morgan fingerprint density at radius 2 is 1.06 bits per heavy atom. The zero-order chi connectivity index (χ0) is 38.8. The van der Waals surface area contributed by atoms with Crippen molar-refractivity contribution in [2.75, 3.05) is 0 Å². The van der Waals surface area contributed by atoms with Crippen molar-refractivity contribution in [3.05, 3.63) is 130 Å². The zero-order valence-electron chi connectivity index (χ0n) is 33.6. The highest BCUT2D eigenvalue weighted by molar-refractivity contribution is 5.39. The lowest BCUT2D eigenvalue weighted by molar-refractivity contribution is -0.305. The van der Waals surface area contributed by atoms with Crippen molar-refractivity contribution in [3.63, 3.8) is 0 Å². The molecule has 1 saturated heterocycles. The van der Waals surface area contributed by atoms with Crippen LogP contribution in [0.4, 0.5) is 0 Å². The molecule has 0 saturated carbocycles. The molecule has 2 aliphatic carbocycles. The molecule has 0 aromatic carbocycles. The zero-order valence-corrected chi connectivity index (χ0v) is 33.6. The standard InChI is InChI=1S/C46H66O6/c1-30(18-14-20-32(3)22-24-39-34(5)26-37(47)28-45(39,8)9)16-12-13-17-31(2)19-15-21-33(4)23-25-40-35(6)27-38(29-46(40,10)11)52-44-43(50)42(49)41(48)36(7)51-44/h12-25,36-38,41-44,47-50H,26-29H2,1-11H3/b13-12+,18-14+,19-15+,24-22+,25-23+,30-16+,31-17+,32-20+,33-21-/t36-,37+,38+,41-,42+,43+,44+/m0/s1. The van der Waals surface area contributed by atoms with E-state index in [9.17, 15) is 20.4 Å². The van der Waals surface area contributed by atoms with E-state index in [4.69, 9.17) is 9.47 Å². The van der Waals surface area contributed by atoms with Gasteiger partial charge in [0.15, 0.2) is 6.29 Å². The quantitative estimate of drug-likeness (QED) is 0.150. The maximum Gasteiger partial charge on any atom is 0.186 e. The van der Waals surface area contributed by atoms with Crippen molar-refractivity contribution in [1.29, 1.82) is 0 Å². The first-order valence-electron chi connectivity index (χ1n) is 18.8. The molecule has 0 unspecified atom stereocenters. The number of allylic oxidation sites excluding steroid dienone is 20. The second-order valence-electron chi connectivity index (χ2n) is 16.5. The maximum absolute atomic E-state index is 10.4. The highest BCUT2D eigenvalue weighted by Gasteiger charge is 2.44. The second kappa shape index (κ2) is 19.3. The normalized spacial score (nSPS) is 31.5. The number of hydrogen-bond acceptors (Lipinski definition) is 6. The van der Waals surface area contributed by atoms with E-state index < -0.39 is 30.7 Å². The van der Waals surface area contributed by atoms with Gasteiger partial charge in [-0.3, -0.25) is 0 Å². The third-order valence-electron chi connectivity index (χ3n) is 10.4. The van der Waals surface area contributed by atoms with Crippen LogP contribution in [0.15, 0.2) is 130 Å². The summed E-state index contributed by atoms with van der Waals surface area (Å²) in [7, 11) is 0. The van der Waals surface area contributed by atoms with E-state index in [0.717, 1.165) is 30.4 Å². The maximum atomic E-state index is 10.4. The van der Waals surface area contributed by atoms with Crippen LogP contribution in [0, 0.1) is 10.8 Å². The summed E-state index contributed by atoms with van der Waals surface area (Å²) < 4.78 is 11.8. The van der Waals surface area contributed by atoms with E-state index in [2.05, 4.69) is 154 Å². The lowest BCUT2D eigenvalue weighted by atomic mass is 9.71. The molecule has 0 radical (unpaired) electrons. The Morgan fingerprint density at radius 3 is 1.54 bits per heavy atom. The van der Waals surface area contributed by atoms with Gasteiger partial charge in [-0.1, -0.05) is 146 Å². The van der Waals surface area contributed by atoms with Gasteiger partial charge in [0.25, 0.3) is 0 Å². The van der Waals surface area contributed by atoms with Crippen LogP contribution in [-0.2, 0) is 9.47 Å². The summed E-state index contributed by atoms with van der Waals surface area (Å²) in [4.78, 5) is 0. The summed E-state index contributed by atoms with van der Waals surface area (Å²) in [5.74, 6) is 0. The average Bonchev–Trinajstić information content (AvgIpc) is 3.03.